The lowest BCUT2D eigenvalue weighted by atomic mass is 10.1. The number of hydrogen-bond acceptors (Lipinski definition) is 14. The summed E-state index contributed by atoms with van der Waals surface area (Å²) < 4.78 is 0. The molecule has 0 saturated carbocycles. The van der Waals surface area contributed by atoms with Crippen LogP contribution in [0.3, 0.4) is 0 Å². The first-order chi connectivity index (χ1) is 27.3. The molecule has 0 saturated heterocycles. The second-order valence-electron chi connectivity index (χ2n) is 15.0. The van der Waals surface area contributed by atoms with E-state index in [1.807, 2.05) is 80.6 Å². The Labute approximate surface area is 346 Å². The Morgan fingerprint density at radius 3 is 1.52 bits per heavy atom. The molecule has 5 rings (SSSR count). The summed E-state index contributed by atoms with van der Waals surface area (Å²) in [6.45, 7) is 22.3. The molecule has 0 atom stereocenters. The number of benzene rings is 2. The molecule has 3 heterocycles. The minimum atomic E-state index is 0.203. The minimum Gasteiger partial charge on any atom is -0.399 e. The number of rotatable bonds is 12. The van der Waals surface area contributed by atoms with Crippen molar-refractivity contribution in [3.05, 3.63) is 103 Å². The zero-order valence-corrected chi connectivity index (χ0v) is 36.3. The summed E-state index contributed by atoms with van der Waals surface area (Å²) in [4.78, 5) is 26.8. The highest BCUT2D eigenvalue weighted by Gasteiger charge is 2.00. The topological polar surface area (TPSA) is 233 Å². The number of nitrogens with two attached hydrogens (primary N) is 4. The number of nitrogens with one attached hydrogen (secondary N) is 5. The molecule has 2 aromatic carbocycles. The van der Waals surface area contributed by atoms with Crippen molar-refractivity contribution >= 4 is 57.5 Å². The van der Waals surface area contributed by atoms with E-state index in [9.17, 15) is 4.79 Å². The number of anilines is 9. The summed E-state index contributed by atoms with van der Waals surface area (Å²) in [5, 5.41) is 16.0. The fourth-order valence-corrected chi connectivity index (χ4v) is 4.75. The number of Topliss-reactive ketones (excluding diaryl/α,β-unsaturated/α-hetero) is 1. The lowest BCUT2D eigenvalue weighted by molar-refractivity contribution is -0.116. The monoisotopic (exact) mass is 796 g/mol. The first-order valence-corrected chi connectivity index (χ1v) is 19.6. The summed E-state index contributed by atoms with van der Waals surface area (Å²) in [5.74, 6) is 2.75. The normalized spacial score (nSPS) is 10.1. The van der Waals surface area contributed by atoms with Gasteiger partial charge in [-0.1, -0.05) is 24.3 Å². The van der Waals surface area contributed by atoms with Gasteiger partial charge in [0.15, 0.2) is 0 Å². The summed E-state index contributed by atoms with van der Waals surface area (Å²) in [5.41, 5.74) is 27.8. The molecule has 0 spiro atoms. The van der Waals surface area contributed by atoms with E-state index in [1.165, 1.54) is 6.20 Å². The number of hydrogen-bond donors (Lipinski definition) is 9. The standard InChI is InChI=1S/C12H17NO.C9H14N2.2C8H13N3.C7H12N4/c1-9(2)13-12-6-4-11(5-7-12)8-10(3)14;1-7(2)11-9-5-3-4-8(10)6-9;1-6(2)11-8-3-7(9)4-10-5-8;1-6(2)10-8-5-3-4-7(9)11-8;1-5(2)10-7-4-9-3-6(8)11-7/h4-7,9,13H,8H2,1-3H3;3-7,11H,10H2,1-2H3;3-6,11H,9H2,1-2H3;3-6H,1-2H3,(H3,9,10,11);3-5H,1-2H3,(H3,8,10,11). The summed E-state index contributed by atoms with van der Waals surface area (Å²) in [7, 11) is 0. The third-order valence-corrected chi connectivity index (χ3v) is 6.72. The average Bonchev–Trinajstić information content (AvgIpc) is 3.09. The van der Waals surface area contributed by atoms with Gasteiger partial charge in [-0.2, -0.15) is 0 Å². The zero-order chi connectivity index (χ0) is 43.6. The van der Waals surface area contributed by atoms with Crippen molar-refractivity contribution in [2.45, 2.75) is 113 Å². The maximum absolute atomic E-state index is 10.9. The van der Waals surface area contributed by atoms with Gasteiger partial charge in [0.25, 0.3) is 0 Å². The van der Waals surface area contributed by atoms with Crippen LogP contribution in [0.4, 0.5) is 51.7 Å². The number of pyridine rings is 2. The molecule has 0 aliphatic heterocycles. The Bertz CT molecular complexity index is 1660. The average molecular weight is 796 g/mol. The SMILES string of the molecule is CC(=O)Cc1ccc(NC(C)C)cc1.CC(C)Nc1cccc(N)c1.CC(C)Nc1cccc(N)n1.CC(C)Nc1cncc(N)c1.CC(C)Nc1cncc(N)n1. The third kappa shape index (κ3) is 25.7. The van der Waals surface area contributed by atoms with E-state index in [0.29, 0.717) is 54.0 Å². The van der Waals surface area contributed by atoms with Crippen molar-refractivity contribution in [1.29, 1.82) is 0 Å². The van der Waals surface area contributed by atoms with Gasteiger partial charge in [0, 0.05) is 59.9 Å². The van der Waals surface area contributed by atoms with Gasteiger partial charge in [0.1, 0.15) is 29.1 Å². The second kappa shape index (κ2) is 27.3. The predicted octanol–water partition coefficient (Wildman–Crippen LogP) is 8.57. The van der Waals surface area contributed by atoms with Crippen molar-refractivity contribution in [2.24, 2.45) is 0 Å². The number of nitrogen functional groups attached to an aromatic ring is 4. The highest BCUT2D eigenvalue weighted by Crippen LogP contribution is 2.13. The van der Waals surface area contributed by atoms with E-state index >= 15 is 0 Å². The Morgan fingerprint density at radius 1 is 0.500 bits per heavy atom. The van der Waals surface area contributed by atoms with Crippen LogP contribution in [0.1, 0.15) is 81.7 Å². The molecule has 0 amide bonds. The Balaban J connectivity index is 0.000000364. The van der Waals surface area contributed by atoms with Crippen LogP contribution in [0.2, 0.25) is 0 Å². The number of ketones is 1. The van der Waals surface area contributed by atoms with Gasteiger partial charge in [0.2, 0.25) is 0 Å². The molecule has 58 heavy (non-hydrogen) atoms. The lowest BCUT2D eigenvalue weighted by Crippen LogP contribution is -2.11. The first kappa shape index (κ1) is 49.7. The Hall–Kier alpha value is -6.31. The molecule has 14 heteroatoms. The third-order valence-electron chi connectivity index (χ3n) is 6.72. The molecule has 0 unspecified atom stereocenters. The Morgan fingerprint density at radius 2 is 1.00 bits per heavy atom. The van der Waals surface area contributed by atoms with Crippen LogP contribution in [-0.4, -0.2) is 55.9 Å². The fourth-order valence-electron chi connectivity index (χ4n) is 4.75. The van der Waals surface area contributed by atoms with E-state index in [-0.39, 0.29) is 5.78 Å². The van der Waals surface area contributed by atoms with Gasteiger partial charge in [-0.05, 0) is 130 Å². The van der Waals surface area contributed by atoms with Crippen molar-refractivity contribution in [2.75, 3.05) is 49.5 Å². The van der Waals surface area contributed by atoms with Crippen LogP contribution in [-0.2, 0) is 11.2 Å². The maximum Gasteiger partial charge on any atom is 0.147 e. The molecular weight excluding hydrogens is 727 g/mol. The molecule has 5 aromatic rings. The smallest absolute Gasteiger partial charge is 0.147 e. The summed E-state index contributed by atoms with van der Waals surface area (Å²) >= 11 is 0. The van der Waals surface area contributed by atoms with Crippen LogP contribution in [0.25, 0.3) is 0 Å². The number of aromatic nitrogens is 4. The van der Waals surface area contributed by atoms with Gasteiger partial charge in [-0.25, -0.2) is 9.97 Å². The molecule has 0 fully saturated rings. The van der Waals surface area contributed by atoms with Gasteiger partial charge in [0.05, 0.1) is 30.0 Å². The minimum absolute atomic E-state index is 0.203. The van der Waals surface area contributed by atoms with Crippen LogP contribution in [0.5, 0.6) is 0 Å². The van der Waals surface area contributed by atoms with Crippen molar-refractivity contribution in [3.8, 4) is 0 Å². The van der Waals surface area contributed by atoms with Crippen LogP contribution >= 0.6 is 0 Å². The van der Waals surface area contributed by atoms with Crippen molar-refractivity contribution < 1.29 is 4.79 Å². The van der Waals surface area contributed by atoms with E-state index < -0.39 is 0 Å². The van der Waals surface area contributed by atoms with Gasteiger partial charge >= 0.3 is 0 Å². The van der Waals surface area contributed by atoms with E-state index in [2.05, 4.69) is 102 Å². The van der Waals surface area contributed by atoms with Gasteiger partial charge < -0.3 is 49.5 Å². The quantitative estimate of drug-likeness (QED) is 0.0539. The van der Waals surface area contributed by atoms with Gasteiger partial charge in [-0.15, -0.1) is 0 Å². The van der Waals surface area contributed by atoms with Crippen molar-refractivity contribution in [1.82, 2.24) is 19.9 Å². The largest absolute Gasteiger partial charge is 0.399 e. The zero-order valence-electron chi connectivity index (χ0n) is 36.3. The number of carbonyl (C=O) groups is 1. The molecule has 13 N–H and O–H groups in total. The Kier molecular flexibility index (Phi) is 23.4. The first-order valence-electron chi connectivity index (χ1n) is 19.6. The highest BCUT2D eigenvalue weighted by atomic mass is 16.1. The number of nitrogens with zero attached hydrogens (tertiary/aromatic N) is 4. The molecule has 0 aliphatic carbocycles. The van der Waals surface area contributed by atoms with Crippen LogP contribution < -0.4 is 49.5 Å². The van der Waals surface area contributed by atoms with Crippen LogP contribution in [0, 0.1) is 0 Å². The molecule has 316 valence electrons. The fraction of sp³-hybridized carbons (Fsp3) is 0.386. The second-order valence-corrected chi connectivity index (χ2v) is 15.0. The van der Waals surface area contributed by atoms with Gasteiger partial charge in [-0.3, -0.25) is 14.8 Å². The van der Waals surface area contributed by atoms with E-state index in [4.69, 9.17) is 22.9 Å². The highest BCUT2D eigenvalue weighted by molar-refractivity contribution is 5.78. The maximum atomic E-state index is 10.9. The van der Waals surface area contributed by atoms with E-state index in [1.54, 1.807) is 31.6 Å². The molecule has 0 aliphatic rings. The molecule has 14 nitrogen and oxygen atoms in total. The van der Waals surface area contributed by atoms with Crippen molar-refractivity contribution in [3.63, 3.8) is 0 Å². The summed E-state index contributed by atoms with van der Waals surface area (Å²) in [6.07, 6.45) is 7.09. The van der Waals surface area contributed by atoms with Crippen LogP contribution in [0.15, 0.2) is 97.6 Å². The molecular formula is C44H69N13O. The predicted molar refractivity (Wildman–Crippen MR) is 249 cm³/mol. The number of carbonyl (C=O) groups excluding carboxylic acids is 1. The molecule has 3 aromatic heterocycles. The molecule has 0 bridgehead atoms. The summed E-state index contributed by atoms with van der Waals surface area (Å²) in [6, 6.07) is 25.2. The van der Waals surface area contributed by atoms with E-state index in [0.717, 1.165) is 39.9 Å². The lowest BCUT2D eigenvalue weighted by Gasteiger charge is -2.09. The molecule has 0 radical (unpaired) electrons.